The highest BCUT2D eigenvalue weighted by Gasteiger charge is 2.45. The molecular weight excluding hydrogens is 674 g/mol. The Morgan fingerprint density at radius 3 is 2.56 bits per heavy atom. The molecule has 0 aliphatic carbocycles. The summed E-state index contributed by atoms with van der Waals surface area (Å²) in [6.07, 6.45) is 3.14. The van der Waals surface area contributed by atoms with Crippen LogP contribution in [0, 0.1) is 11.6 Å². The first-order valence-corrected chi connectivity index (χ1v) is 17.4. The van der Waals surface area contributed by atoms with Gasteiger partial charge in [-0.3, -0.25) is 34.2 Å². The van der Waals surface area contributed by atoms with Crippen molar-refractivity contribution in [1.29, 1.82) is 0 Å². The number of nitrogens with one attached hydrogen (secondary N) is 3. The third kappa shape index (κ3) is 7.60. The van der Waals surface area contributed by atoms with E-state index in [4.69, 9.17) is 9.47 Å². The number of carbonyl (C=O) groups excluding carboxylic acids is 5. The molecule has 2 fully saturated rings. The molecule has 1 unspecified atom stereocenters. The largest absolute Gasteiger partial charge is 0.480 e. The average molecular weight is 711 g/mol. The fourth-order valence-electron chi connectivity index (χ4n) is 6.07. The van der Waals surface area contributed by atoms with Crippen molar-refractivity contribution >= 4 is 51.7 Å². The van der Waals surface area contributed by atoms with Crippen LogP contribution in [0.15, 0.2) is 35.7 Å². The molecule has 3 N–H and O–H groups in total. The second kappa shape index (κ2) is 15.7. The molecule has 4 heterocycles. The molecule has 16 heteroatoms. The maximum atomic E-state index is 14.8. The van der Waals surface area contributed by atoms with E-state index < -0.39 is 53.8 Å². The van der Waals surface area contributed by atoms with Crippen LogP contribution in [-0.4, -0.2) is 91.5 Å². The molecule has 3 aromatic rings. The molecule has 0 radical (unpaired) electrons. The smallest absolute Gasteiger partial charge is 0.264 e. The number of carbonyl (C=O) groups is 5. The van der Waals surface area contributed by atoms with Crippen LogP contribution in [0.3, 0.4) is 0 Å². The van der Waals surface area contributed by atoms with Gasteiger partial charge in [-0.15, -0.1) is 11.3 Å². The minimum absolute atomic E-state index is 0.0486. The lowest BCUT2D eigenvalue weighted by Gasteiger charge is -2.27. The molecule has 6 rings (SSSR count). The topological polar surface area (TPSA) is 159 Å². The predicted octanol–water partition coefficient (Wildman–Crippen LogP) is 3.49. The zero-order valence-electron chi connectivity index (χ0n) is 27.1. The molecule has 0 bridgehead atoms. The van der Waals surface area contributed by atoms with Crippen molar-refractivity contribution in [2.75, 3.05) is 56.2 Å². The van der Waals surface area contributed by atoms with E-state index in [1.165, 1.54) is 17.4 Å². The lowest BCUT2D eigenvalue weighted by atomic mass is 10.0. The number of thiazole rings is 1. The van der Waals surface area contributed by atoms with Crippen LogP contribution in [0.2, 0.25) is 0 Å². The fourth-order valence-corrected chi connectivity index (χ4v) is 6.95. The number of hydrogen-bond donors (Lipinski definition) is 3. The first-order chi connectivity index (χ1) is 24.2. The second-order valence-corrected chi connectivity index (χ2v) is 12.8. The number of anilines is 2. The van der Waals surface area contributed by atoms with Crippen molar-refractivity contribution in [3.05, 3.63) is 58.5 Å². The number of aromatic nitrogens is 1. The van der Waals surface area contributed by atoms with Gasteiger partial charge >= 0.3 is 0 Å². The number of rotatable bonds is 14. The Labute approximate surface area is 290 Å². The van der Waals surface area contributed by atoms with Crippen LogP contribution >= 0.6 is 11.3 Å². The predicted molar refractivity (Wildman–Crippen MR) is 179 cm³/mol. The van der Waals surface area contributed by atoms with E-state index >= 15 is 0 Å². The molecule has 0 spiro atoms. The number of piperidine rings is 1. The third-order valence-corrected chi connectivity index (χ3v) is 9.56. The highest BCUT2D eigenvalue weighted by molar-refractivity contribution is 7.14. The summed E-state index contributed by atoms with van der Waals surface area (Å²) in [5.41, 5.74) is 1.59. The van der Waals surface area contributed by atoms with Gasteiger partial charge in [0, 0.05) is 49.2 Å². The normalized spacial score (nSPS) is 17.5. The van der Waals surface area contributed by atoms with Crippen molar-refractivity contribution in [3.8, 4) is 17.0 Å². The van der Waals surface area contributed by atoms with Crippen LogP contribution < -0.4 is 25.6 Å². The number of ether oxygens (including phenoxy) is 2. The van der Waals surface area contributed by atoms with E-state index in [1.54, 1.807) is 23.6 Å². The van der Waals surface area contributed by atoms with Crippen LogP contribution in [0.4, 0.5) is 19.6 Å². The van der Waals surface area contributed by atoms with Gasteiger partial charge in [0.15, 0.2) is 23.3 Å². The molecule has 50 heavy (non-hydrogen) atoms. The van der Waals surface area contributed by atoms with Crippen LogP contribution in [0.1, 0.15) is 59.2 Å². The zero-order chi connectivity index (χ0) is 35.2. The number of halogens is 2. The number of amides is 5. The first-order valence-electron chi connectivity index (χ1n) is 16.5. The molecule has 5 amide bonds. The van der Waals surface area contributed by atoms with E-state index in [0.29, 0.717) is 57.2 Å². The quantitative estimate of drug-likeness (QED) is 0.167. The van der Waals surface area contributed by atoms with Gasteiger partial charge in [0.25, 0.3) is 17.7 Å². The van der Waals surface area contributed by atoms with Gasteiger partial charge in [-0.1, -0.05) is 18.9 Å². The van der Waals surface area contributed by atoms with Crippen LogP contribution in [-0.2, 0) is 19.1 Å². The molecule has 3 aliphatic rings. The molecule has 13 nitrogen and oxygen atoms in total. The monoisotopic (exact) mass is 710 g/mol. The number of fused-ring (bicyclic) bond motifs is 1. The molecule has 1 atom stereocenters. The molecule has 3 aliphatic heterocycles. The number of benzene rings is 2. The van der Waals surface area contributed by atoms with E-state index in [9.17, 15) is 32.8 Å². The van der Waals surface area contributed by atoms with Crippen molar-refractivity contribution in [2.45, 2.75) is 44.6 Å². The molecular formula is C34H36F2N6O7S. The van der Waals surface area contributed by atoms with E-state index in [-0.39, 0.29) is 35.3 Å². The Balaban J connectivity index is 0.920. The van der Waals surface area contributed by atoms with Crippen LogP contribution in [0.25, 0.3) is 11.3 Å². The second-order valence-electron chi connectivity index (χ2n) is 12.0. The highest BCUT2D eigenvalue weighted by Crippen LogP contribution is 2.37. The fraction of sp³-hybridized carbons (Fsp3) is 0.412. The summed E-state index contributed by atoms with van der Waals surface area (Å²) in [5, 5.41) is 10.6. The standard InChI is InChI=1S/C34H36F2N6O7S/c35-22-9-8-20(24-19-50-34(39-24)41-14-16-48-17-15-41)30(29(22)36)49-18-27(44)38-13-4-2-1-3-12-37-23-7-5-6-21-28(23)33(47)42(32(21)46)25-10-11-26(43)40-31(25)45/h5-9,19,25,37H,1-4,10-18H2,(H,38,44)(H,40,43,45). The molecule has 2 aromatic carbocycles. The number of imide groups is 2. The van der Waals surface area contributed by atoms with Gasteiger partial charge in [0.2, 0.25) is 17.6 Å². The summed E-state index contributed by atoms with van der Waals surface area (Å²) in [4.78, 5) is 70.2. The minimum atomic E-state index is -1.19. The Morgan fingerprint density at radius 2 is 1.78 bits per heavy atom. The zero-order valence-corrected chi connectivity index (χ0v) is 27.9. The summed E-state index contributed by atoms with van der Waals surface area (Å²) in [6, 6.07) is 6.27. The van der Waals surface area contributed by atoms with Crippen molar-refractivity contribution in [1.82, 2.24) is 20.5 Å². The lowest BCUT2D eigenvalue weighted by molar-refractivity contribution is -0.136. The Morgan fingerprint density at radius 1 is 1.00 bits per heavy atom. The van der Waals surface area contributed by atoms with Gasteiger partial charge in [0.1, 0.15) is 6.04 Å². The third-order valence-electron chi connectivity index (χ3n) is 8.66. The number of unbranched alkanes of at least 4 members (excludes halogenated alkanes) is 3. The lowest BCUT2D eigenvalue weighted by Crippen LogP contribution is -2.54. The van der Waals surface area contributed by atoms with Gasteiger partial charge in [-0.05, 0) is 43.5 Å². The van der Waals surface area contributed by atoms with Crippen molar-refractivity contribution < 1.29 is 42.2 Å². The van der Waals surface area contributed by atoms with Gasteiger partial charge in [-0.25, -0.2) is 9.37 Å². The molecule has 2 saturated heterocycles. The van der Waals surface area contributed by atoms with Gasteiger partial charge in [-0.2, -0.15) is 4.39 Å². The molecule has 0 saturated carbocycles. The van der Waals surface area contributed by atoms with Gasteiger partial charge in [0.05, 0.1) is 30.0 Å². The SMILES string of the molecule is O=C(COc1c(-c2csc(N3CCOCC3)n2)ccc(F)c1F)NCCCCCCNc1cccc2c1C(=O)N(C1CCC(=O)NC1=O)C2=O. The molecule has 1 aromatic heterocycles. The maximum Gasteiger partial charge on any atom is 0.264 e. The van der Waals surface area contributed by atoms with E-state index in [1.807, 2.05) is 0 Å². The summed E-state index contributed by atoms with van der Waals surface area (Å²) in [7, 11) is 0. The van der Waals surface area contributed by atoms with E-state index in [2.05, 4.69) is 25.8 Å². The number of morpholine rings is 1. The Kier molecular flexibility index (Phi) is 11.0. The summed E-state index contributed by atoms with van der Waals surface area (Å²) in [5.74, 6) is -5.34. The summed E-state index contributed by atoms with van der Waals surface area (Å²) >= 11 is 1.38. The van der Waals surface area contributed by atoms with Crippen LogP contribution in [0.5, 0.6) is 5.75 Å². The summed E-state index contributed by atoms with van der Waals surface area (Å²) < 4.78 is 39.8. The number of nitrogens with zero attached hydrogens (tertiary/aromatic N) is 3. The maximum absolute atomic E-state index is 14.8. The van der Waals surface area contributed by atoms with E-state index in [0.717, 1.165) is 35.4 Å². The van der Waals surface area contributed by atoms with Gasteiger partial charge < -0.3 is 25.0 Å². The highest BCUT2D eigenvalue weighted by atomic mass is 32.1. The summed E-state index contributed by atoms with van der Waals surface area (Å²) in [6.45, 7) is 2.91. The minimum Gasteiger partial charge on any atom is -0.480 e. The Hall–Kier alpha value is -4.96. The van der Waals surface area contributed by atoms with Crippen molar-refractivity contribution in [2.24, 2.45) is 0 Å². The Bertz CT molecular complexity index is 1800. The average Bonchev–Trinajstić information content (AvgIpc) is 3.70. The van der Waals surface area contributed by atoms with Crippen molar-refractivity contribution in [3.63, 3.8) is 0 Å². The molecule has 264 valence electrons. The number of hydrogen-bond acceptors (Lipinski definition) is 11. The first kappa shape index (κ1) is 34.9.